The van der Waals surface area contributed by atoms with Gasteiger partial charge in [-0.1, -0.05) is 36.8 Å². The molecule has 1 saturated carbocycles. The molecule has 0 amide bonds. The number of rotatable bonds is 5. The first-order valence-electron chi connectivity index (χ1n) is 5.40. The Hall–Kier alpha value is -0.820. The number of benzene rings is 1. The van der Waals surface area contributed by atoms with Crippen LogP contribution in [0, 0.1) is 5.92 Å². The normalized spacial score (nSPS) is 16.6. The molecule has 0 atom stereocenters. The third kappa shape index (κ3) is 2.85. The molecule has 75 valence electrons. The van der Waals surface area contributed by atoms with Crippen molar-refractivity contribution in [2.24, 2.45) is 0 Å². The zero-order valence-electron chi connectivity index (χ0n) is 8.54. The van der Waals surface area contributed by atoms with Crippen LogP contribution in [0.4, 0.5) is 0 Å². The molecule has 0 spiro atoms. The number of hydrogen-bond donors (Lipinski definition) is 0. The molecular formula is C13H17O. The van der Waals surface area contributed by atoms with Crippen molar-refractivity contribution in [3.05, 3.63) is 41.8 Å². The molecule has 1 radical (unpaired) electrons. The fourth-order valence-electron chi connectivity index (χ4n) is 1.66. The van der Waals surface area contributed by atoms with Crippen LogP contribution in [0.25, 0.3) is 0 Å². The quantitative estimate of drug-likeness (QED) is 0.645. The van der Waals surface area contributed by atoms with Crippen LogP contribution in [0.3, 0.4) is 0 Å². The highest BCUT2D eigenvalue weighted by atomic mass is 16.5. The number of hydrogen-bond acceptors (Lipinski definition) is 1. The van der Waals surface area contributed by atoms with Gasteiger partial charge in [-0.25, -0.2) is 0 Å². The SMILES string of the molecule is c1ccc(COCC[C]2CCC2)cc1. The molecule has 0 N–H and O–H groups in total. The summed E-state index contributed by atoms with van der Waals surface area (Å²) in [4.78, 5) is 0. The molecule has 1 nitrogen and oxygen atoms in total. The Bertz CT molecular complexity index is 251. The highest BCUT2D eigenvalue weighted by molar-refractivity contribution is 5.13. The van der Waals surface area contributed by atoms with Crippen LogP contribution >= 0.6 is 0 Å². The van der Waals surface area contributed by atoms with Gasteiger partial charge in [-0.3, -0.25) is 0 Å². The van der Waals surface area contributed by atoms with E-state index in [2.05, 4.69) is 24.3 Å². The summed E-state index contributed by atoms with van der Waals surface area (Å²) in [6, 6.07) is 10.4. The zero-order valence-corrected chi connectivity index (χ0v) is 8.54. The lowest BCUT2D eigenvalue weighted by molar-refractivity contribution is 0.116. The maximum atomic E-state index is 5.61. The summed E-state index contributed by atoms with van der Waals surface area (Å²) in [5, 5.41) is 0. The van der Waals surface area contributed by atoms with Crippen LogP contribution in [0.1, 0.15) is 31.2 Å². The largest absolute Gasteiger partial charge is 0.377 e. The second kappa shape index (κ2) is 5.16. The minimum absolute atomic E-state index is 0.758. The molecule has 0 aliphatic heterocycles. The summed E-state index contributed by atoms with van der Waals surface area (Å²) < 4.78 is 5.61. The molecule has 0 bridgehead atoms. The molecule has 14 heavy (non-hydrogen) atoms. The van der Waals surface area contributed by atoms with Crippen molar-refractivity contribution in [1.82, 2.24) is 0 Å². The summed E-state index contributed by atoms with van der Waals surface area (Å²) in [5.41, 5.74) is 1.27. The first-order chi connectivity index (χ1) is 6.95. The Morgan fingerprint density at radius 3 is 2.50 bits per heavy atom. The van der Waals surface area contributed by atoms with Crippen LogP contribution in [0.15, 0.2) is 30.3 Å². The summed E-state index contributed by atoms with van der Waals surface area (Å²) >= 11 is 0. The molecule has 1 aliphatic rings. The molecule has 0 unspecified atom stereocenters. The average Bonchev–Trinajstić information content (AvgIpc) is 2.16. The molecule has 2 rings (SSSR count). The van der Waals surface area contributed by atoms with E-state index in [0.29, 0.717) is 0 Å². The van der Waals surface area contributed by atoms with E-state index in [-0.39, 0.29) is 0 Å². The smallest absolute Gasteiger partial charge is 0.0716 e. The van der Waals surface area contributed by atoms with E-state index >= 15 is 0 Å². The highest BCUT2D eigenvalue weighted by Gasteiger charge is 2.16. The topological polar surface area (TPSA) is 9.23 Å². The standard InChI is InChI=1S/C13H17O/c1-2-5-13(6-3-1)11-14-10-9-12-7-4-8-12/h1-3,5-6H,4,7-11H2. The van der Waals surface area contributed by atoms with E-state index in [4.69, 9.17) is 4.74 Å². The Labute approximate surface area is 86.1 Å². The lowest BCUT2D eigenvalue weighted by Crippen LogP contribution is -2.11. The molecule has 1 aromatic rings. The van der Waals surface area contributed by atoms with E-state index < -0.39 is 0 Å². The van der Waals surface area contributed by atoms with E-state index in [1.807, 2.05) is 6.07 Å². The molecular weight excluding hydrogens is 172 g/mol. The van der Waals surface area contributed by atoms with Crippen LogP contribution in [0.5, 0.6) is 0 Å². The maximum Gasteiger partial charge on any atom is 0.0716 e. The molecule has 1 aliphatic carbocycles. The molecule has 1 heteroatoms. The summed E-state index contributed by atoms with van der Waals surface area (Å²) in [7, 11) is 0. The maximum absolute atomic E-state index is 5.61. The van der Waals surface area contributed by atoms with Crippen molar-refractivity contribution in [3.8, 4) is 0 Å². The predicted molar refractivity (Wildman–Crippen MR) is 57.8 cm³/mol. The Kier molecular flexibility index (Phi) is 3.58. The third-order valence-corrected chi connectivity index (χ3v) is 2.77. The second-order valence-corrected chi connectivity index (χ2v) is 3.89. The molecule has 0 aromatic heterocycles. The van der Waals surface area contributed by atoms with E-state index in [9.17, 15) is 0 Å². The van der Waals surface area contributed by atoms with Crippen molar-refractivity contribution < 1.29 is 4.74 Å². The van der Waals surface area contributed by atoms with Crippen molar-refractivity contribution in [2.45, 2.75) is 32.3 Å². The van der Waals surface area contributed by atoms with Gasteiger partial charge in [0.25, 0.3) is 0 Å². The minimum Gasteiger partial charge on any atom is -0.377 e. The summed E-state index contributed by atoms with van der Waals surface area (Å²) in [6.07, 6.45) is 5.25. The van der Waals surface area contributed by atoms with Gasteiger partial charge in [-0.2, -0.15) is 0 Å². The summed E-state index contributed by atoms with van der Waals surface area (Å²) in [6.45, 7) is 1.65. The van der Waals surface area contributed by atoms with E-state index in [1.54, 1.807) is 5.92 Å². The first kappa shape index (κ1) is 9.72. The van der Waals surface area contributed by atoms with Gasteiger partial charge >= 0.3 is 0 Å². The van der Waals surface area contributed by atoms with Crippen LogP contribution in [0.2, 0.25) is 0 Å². The Morgan fingerprint density at radius 2 is 1.86 bits per heavy atom. The predicted octanol–water partition coefficient (Wildman–Crippen LogP) is 3.35. The third-order valence-electron chi connectivity index (χ3n) is 2.77. The zero-order chi connectivity index (χ0) is 9.64. The molecule has 1 fully saturated rings. The molecule has 0 saturated heterocycles. The average molecular weight is 189 g/mol. The van der Waals surface area contributed by atoms with Gasteiger partial charge in [0, 0.05) is 6.61 Å². The van der Waals surface area contributed by atoms with Crippen molar-refractivity contribution in [3.63, 3.8) is 0 Å². The number of ether oxygens (including phenoxy) is 1. The fourth-order valence-corrected chi connectivity index (χ4v) is 1.66. The highest BCUT2D eigenvalue weighted by Crippen LogP contribution is 2.31. The second-order valence-electron chi connectivity index (χ2n) is 3.89. The van der Waals surface area contributed by atoms with Gasteiger partial charge in [0.2, 0.25) is 0 Å². The lowest BCUT2D eigenvalue weighted by Gasteiger charge is -2.24. The van der Waals surface area contributed by atoms with Crippen molar-refractivity contribution >= 4 is 0 Å². The van der Waals surface area contributed by atoms with Gasteiger partial charge in [-0.15, -0.1) is 0 Å². The van der Waals surface area contributed by atoms with Crippen LogP contribution in [-0.2, 0) is 11.3 Å². The Balaban J connectivity index is 1.58. The van der Waals surface area contributed by atoms with Gasteiger partial charge in [-0.05, 0) is 30.7 Å². The van der Waals surface area contributed by atoms with Gasteiger partial charge in [0.15, 0.2) is 0 Å². The van der Waals surface area contributed by atoms with Gasteiger partial charge in [0.1, 0.15) is 0 Å². The monoisotopic (exact) mass is 189 g/mol. The fraction of sp³-hybridized carbons (Fsp3) is 0.462. The van der Waals surface area contributed by atoms with E-state index in [1.165, 1.54) is 31.2 Å². The molecule has 1 aromatic carbocycles. The van der Waals surface area contributed by atoms with Crippen LogP contribution < -0.4 is 0 Å². The van der Waals surface area contributed by atoms with Gasteiger partial charge in [0.05, 0.1) is 6.61 Å². The van der Waals surface area contributed by atoms with E-state index in [0.717, 1.165) is 13.2 Å². The van der Waals surface area contributed by atoms with Crippen molar-refractivity contribution in [2.75, 3.05) is 6.61 Å². The first-order valence-corrected chi connectivity index (χ1v) is 5.40. The Morgan fingerprint density at radius 1 is 1.07 bits per heavy atom. The summed E-state index contributed by atoms with van der Waals surface area (Å²) in [5.74, 6) is 1.69. The lowest BCUT2D eigenvalue weighted by atomic mass is 9.83. The van der Waals surface area contributed by atoms with Gasteiger partial charge < -0.3 is 4.74 Å². The molecule has 0 heterocycles. The van der Waals surface area contributed by atoms with Crippen LogP contribution in [-0.4, -0.2) is 6.61 Å². The minimum atomic E-state index is 0.758. The van der Waals surface area contributed by atoms with Crippen molar-refractivity contribution in [1.29, 1.82) is 0 Å².